The van der Waals surface area contributed by atoms with E-state index in [-0.39, 0.29) is 0 Å². The van der Waals surface area contributed by atoms with Crippen LogP contribution < -0.4 is 0 Å². The van der Waals surface area contributed by atoms with Gasteiger partial charge in [-0.1, -0.05) is 38.8 Å². The monoisotopic (exact) mass is 286 g/mol. The summed E-state index contributed by atoms with van der Waals surface area (Å²) in [6, 6.07) is 0. The Bertz CT molecular complexity index is 447. The molecule has 6 atom stereocenters. The Morgan fingerprint density at radius 3 is 2.71 bits per heavy atom. The van der Waals surface area contributed by atoms with Crippen molar-refractivity contribution in [1.29, 1.82) is 0 Å². The van der Waals surface area contributed by atoms with Crippen molar-refractivity contribution < 1.29 is 0 Å². The van der Waals surface area contributed by atoms with E-state index in [1.54, 1.807) is 6.42 Å². The van der Waals surface area contributed by atoms with Crippen LogP contribution in [0.15, 0.2) is 11.6 Å². The van der Waals surface area contributed by atoms with Gasteiger partial charge in [0.25, 0.3) is 0 Å². The van der Waals surface area contributed by atoms with E-state index in [4.69, 9.17) is 0 Å². The molecule has 0 aromatic carbocycles. The van der Waals surface area contributed by atoms with Crippen LogP contribution in [0, 0.1) is 34.5 Å². The van der Waals surface area contributed by atoms with E-state index in [0.717, 1.165) is 23.7 Å². The molecular weight excluding hydrogens is 252 g/mol. The Labute approximate surface area is 131 Å². The first-order chi connectivity index (χ1) is 10.1. The van der Waals surface area contributed by atoms with E-state index < -0.39 is 0 Å². The van der Waals surface area contributed by atoms with E-state index in [1.807, 2.05) is 5.57 Å². The van der Waals surface area contributed by atoms with Crippen molar-refractivity contribution in [2.45, 2.75) is 85.0 Å². The van der Waals surface area contributed by atoms with Crippen LogP contribution in [-0.2, 0) is 0 Å². The molecule has 21 heavy (non-hydrogen) atoms. The van der Waals surface area contributed by atoms with Crippen LogP contribution >= 0.6 is 0 Å². The summed E-state index contributed by atoms with van der Waals surface area (Å²) in [7, 11) is 0. The molecule has 0 bridgehead atoms. The number of fused-ring (bicyclic) bond motifs is 5. The minimum absolute atomic E-state index is 0.590. The lowest BCUT2D eigenvalue weighted by Gasteiger charge is -2.58. The lowest BCUT2D eigenvalue weighted by Crippen LogP contribution is -2.50. The summed E-state index contributed by atoms with van der Waals surface area (Å²) < 4.78 is 0. The molecule has 4 aliphatic rings. The van der Waals surface area contributed by atoms with Crippen molar-refractivity contribution in [1.82, 2.24) is 0 Å². The second-order valence-corrected chi connectivity index (χ2v) is 9.18. The molecule has 0 saturated heterocycles. The lowest BCUT2D eigenvalue weighted by molar-refractivity contribution is -0.0515. The molecule has 118 valence electrons. The summed E-state index contributed by atoms with van der Waals surface area (Å²) in [5.41, 5.74) is 3.15. The topological polar surface area (TPSA) is 0 Å². The zero-order valence-corrected chi connectivity index (χ0v) is 14.5. The van der Waals surface area contributed by atoms with Gasteiger partial charge in [-0.3, -0.25) is 0 Å². The summed E-state index contributed by atoms with van der Waals surface area (Å²) in [6.45, 7) is 7.75. The number of allylic oxidation sites excluding steroid dienone is 2. The van der Waals surface area contributed by atoms with Gasteiger partial charge in [0.15, 0.2) is 0 Å². The second kappa shape index (κ2) is 4.87. The number of hydrogen-bond donors (Lipinski definition) is 0. The van der Waals surface area contributed by atoms with Gasteiger partial charge in [0.2, 0.25) is 0 Å². The molecule has 0 radical (unpaired) electrons. The fourth-order valence-electron chi connectivity index (χ4n) is 7.53. The predicted molar refractivity (Wildman–Crippen MR) is 90.1 cm³/mol. The average Bonchev–Trinajstić information content (AvgIpc) is 2.83. The largest absolute Gasteiger partial charge is 0.0848 e. The molecule has 4 aliphatic carbocycles. The van der Waals surface area contributed by atoms with Crippen molar-refractivity contribution >= 4 is 0 Å². The van der Waals surface area contributed by atoms with Gasteiger partial charge in [-0.05, 0) is 92.3 Å². The first kappa shape index (κ1) is 14.3. The zero-order chi connectivity index (χ0) is 14.7. The molecule has 0 heterocycles. The first-order valence-electron chi connectivity index (χ1n) is 9.79. The van der Waals surface area contributed by atoms with E-state index >= 15 is 0 Å². The Morgan fingerprint density at radius 1 is 1.05 bits per heavy atom. The van der Waals surface area contributed by atoms with Gasteiger partial charge < -0.3 is 0 Å². The third-order valence-corrected chi connectivity index (χ3v) is 8.72. The molecule has 0 amide bonds. The highest BCUT2D eigenvalue weighted by Crippen LogP contribution is 2.67. The Hall–Kier alpha value is -0.260. The van der Waals surface area contributed by atoms with Crippen molar-refractivity contribution in [2.24, 2.45) is 34.5 Å². The molecule has 0 heteroatoms. The van der Waals surface area contributed by atoms with Gasteiger partial charge in [0.05, 0.1) is 0 Å². The van der Waals surface area contributed by atoms with E-state index in [0.29, 0.717) is 10.8 Å². The van der Waals surface area contributed by atoms with E-state index in [9.17, 15) is 0 Å². The molecule has 0 aromatic heterocycles. The fraction of sp³-hybridized carbons (Fsp3) is 0.905. The van der Waals surface area contributed by atoms with Crippen LogP contribution in [0.1, 0.15) is 85.0 Å². The molecule has 4 rings (SSSR count). The Balaban J connectivity index is 1.66. The molecule has 0 spiro atoms. The van der Waals surface area contributed by atoms with Crippen LogP contribution in [0.25, 0.3) is 0 Å². The van der Waals surface area contributed by atoms with Crippen molar-refractivity contribution in [3.63, 3.8) is 0 Å². The van der Waals surface area contributed by atoms with Crippen molar-refractivity contribution in [3.8, 4) is 0 Å². The molecule has 3 fully saturated rings. The van der Waals surface area contributed by atoms with Gasteiger partial charge in [-0.15, -0.1) is 0 Å². The summed E-state index contributed by atoms with van der Waals surface area (Å²) in [5.74, 6) is 4.16. The van der Waals surface area contributed by atoms with Gasteiger partial charge in [-0.2, -0.15) is 0 Å². The van der Waals surface area contributed by atoms with E-state index in [1.165, 1.54) is 57.8 Å². The molecule has 0 N–H and O–H groups in total. The molecule has 0 aliphatic heterocycles. The van der Waals surface area contributed by atoms with Crippen LogP contribution in [0.3, 0.4) is 0 Å². The highest BCUT2D eigenvalue weighted by atomic mass is 14.6. The number of rotatable bonds is 1. The van der Waals surface area contributed by atoms with Crippen molar-refractivity contribution in [3.05, 3.63) is 11.6 Å². The third-order valence-electron chi connectivity index (χ3n) is 8.72. The molecule has 0 nitrogen and oxygen atoms in total. The minimum Gasteiger partial charge on any atom is -0.0848 e. The van der Waals surface area contributed by atoms with Gasteiger partial charge in [0, 0.05) is 0 Å². The maximum Gasteiger partial charge on any atom is -0.00853 e. The summed E-state index contributed by atoms with van der Waals surface area (Å²) >= 11 is 0. The van der Waals surface area contributed by atoms with Gasteiger partial charge in [0.1, 0.15) is 0 Å². The quantitative estimate of drug-likeness (QED) is 0.492. The molecular formula is C21H34. The lowest BCUT2D eigenvalue weighted by atomic mass is 9.47. The maximum atomic E-state index is 2.67. The molecule has 3 saturated carbocycles. The Morgan fingerprint density at radius 2 is 1.90 bits per heavy atom. The van der Waals surface area contributed by atoms with Crippen LogP contribution in [0.4, 0.5) is 0 Å². The zero-order valence-electron chi connectivity index (χ0n) is 14.5. The maximum absolute atomic E-state index is 2.67. The minimum atomic E-state index is 0.590. The number of hydrogen-bond acceptors (Lipinski definition) is 0. The molecule has 0 unspecified atom stereocenters. The summed E-state index contributed by atoms with van der Waals surface area (Å²) in [6.07, 6.45) is 17.4. The van der Waals surface area contributed by atoms with Crippen molar-refractivity contribution in [2.75, 3.05) is 0 Å². The van der Waals surface area contributed by atoms with Gasteiger partial charge in [-0.25, -0.2) is 0 Å². The predicted octanol–water partition coefficient (Wildman–Crippen LogP) is 6.37. The molecule has 0 aromatic rings. The van der Waals surface area contributed by atoms with E-state index in [2.05, 4.69) is 26.8 Å². The summed E-state index contributed by atoms with van der Waals surface area (Å²) in [4.78, 5) is 0. The highest BCUT2D eigenvalue weighted by molar-refractivity contribution is 5.23. The third kappa shape index (κ3) is 1.86. The van der Waals surface area contributed by atoms with Gasteiger partial charge >= 0.3 is 0 Å². The highest BCUT2D eigenvalue weighted by Gasteiger charge is 2.57. The first-order valence-corrected chi connectivity index (χ1v) is 9.79. The van der Waals surface area contributed by atoms with Crippen LogP contribution in [-0.4, -0.2) is 0 Å². The fourth-order valence-corrected chi connectivity index (χ4v) is 7.53. The average molecular weight is 287 g/mol. The SMILES string of the molecule is CC[C@H]1CC[C@H]2[C@@H]3CCC4=CCCC[C@@]4(C)[C@H]3CC[C@]12C. The normalized spacial score (nSPS) is 52.6. The second-order valence-electron chi connectivity index (χ2n) is 9.18. The summed E-state index contributed by atoms with van der Waals surface area (Å²) in [5, 5.41) is 0. The van der Waals surface area contributed by atoms with Crippen LogP contribution in [0.2, 0.25) is 0 Å². The smallest absolute Gasteiger partial charge is 0.00853 e. The van der Waals surface area contributed by atoms with Crippen LogP contribution in [0.5, 0.6) is 0 Å². The standard InChI is InChI=1S/C21H34/c1-4-15-9-11-18-17-10-8-16-7-5-6-13-20(16,2)19(17)12-14-21(15,18)3/h7,15,17-19H,4-6,8-14H2,1-3H3/t15-,17-,18-,19-,20+,21+/m0/s1. The Kier molecular flexibility index (Phi) is 3.32.